The van der Waals surface area contributed by atoms with Gasteiger partial charge in [-0.05, 0) is 25.5 Å². The van der Waals surface area contributed by atoms with Gasteiger partial charge >= 0.3 is 16.1 Å². The van der Waals surface area contributed by atoms with E-state index in [0.29, 0.717) is 5.69 Å². The van der Waals surface area contributed by atoms with Crippen molar-refractivity contribution in [2.24, 2.45) is 0 Å². The van der Waals surface area contributed by atoms with Crippen LogP contribution in [0, 0.1) is 13.8 Å². The molecule has 8 heteroatoms. The van der Waals surface area contributed by atoms with E-state index >= 15 is 0 Å². The first-order chi connectivity index (χ1) is 10.8. The number of ether oxygens (including phenoxy) is 1. The Morgan fingerprint density at radius 3 is 2.48 bits per heavy atom. The number of nitrogens with one attached hydrogen (secondary N) is 1. The Labute approximate surface area is 134 Å². The van der Waals surface area contributed by atoms with Gasteiger partial charge in [0.1, 0.15) is 5.56 Å². The smallest absolute Gasteiger partial charge is 0.341 e. The number of anilines is 2. The minimum Gasteiger partial charge on any atom is -0.465 e. The molecule has 2 aromatic rings. The third-order valence-corrected chi connectivity index (χ3v) is 4.23. The fraction of sp³-hybridized carbons (Fsp3) is 0.200. The topological polar surface area (TPSA) is 106 Å². The molecule has 0 aliphatic heterocycles. The molecule has 0 atom stereocenters. The van der Waals surface area contributed by atoms with Crippen LogP contribution in [-0.2, 0) is 14.9 Å². The second-order valence-electron chi connectivity index (χ2n) is 4.88. The lowest BCUT2D eigenvalue weighted by Gasteiger charge is -2.16. The van der Waals surface area contributed by atoms with Gasteiger partial charge in [0, 0.05) is 17.4 Å². The van der Waals surface area contributed by atoms with Crippen molar-refractivity contribution in [1.29, 1.82) is 0 Å². The van der Waals surface area contributed by atoms with Crippen molar-refractivity contribution >= 4 is 27.5 Å². The highest BCUT2D eigenvalue weighted by Gasteiger charge is 2.23. The first-order valence-corrected chi connectivity index (χ1v) is 8.07. The van der Waals surface area contributed by atoms with Crippen LogP contribution in [0.15, 0.2) is 35.5 Å². The highest BCUT2D eigenvalue weighted by Crippen LogP contribution is 2.30. The second-order valence-corrected chi connectivity index (χ2v) is 6.22. The van der Waals surface area contributed by atoms with Crippen molar-refractivity contribution < 1.29 is 22.5 Å². The van der Waals surface area contributed by atoms with E-state index in [2.05, 4.69) is 10.3 Å². The van der Waals surface area contributed by atoms with E-state index in [1.807, 2.05) is 19.1 Å². The maximum atomic E-state index is 11.9. The molecule has 0 saturated carbocycles. The van der Waals surface area contributed by atoms with Crippen LogP contribution in [0.4, 0.5) is 11.4 Å². The normalized spacial score (nSPS) is 11.1. The Hall–Kier alpha value is -2.45. The standard InChI is InChI=1S/C15H16N2O5S/c1-9-6-4-5-7-12(9)17-13-10(2)14(23(19,20)21)16-8-11(13)15(18)22-3/h4-8H,1-3H3,(H,16,17)(H,19,20,21). The summed E-state index contributed by atoms with van der Waals surface area (Å²) < 4.78 is 36.8. The van der Waals surface area contributed by atoms with Gasteiger partial charge in [0.25, 0.3) is 0 Å². The fourth-order valence-corrected chi connectivity index (χ4v) is 2.80. The van der Waals surface area contributed by atoms with Gasteiger partial charge in [0.15, 0.2) is 5.03 Å². The number of hydrogen-bond donors (Lipinski definition) is 2. The van der Waals surface area contributed by atoms with E-state index in [1.165, 1.54) is 14.0 Å². The second kappa shape index (κ2) is 6.35. The van der Waals surface area contributed by atoms with Crippen LogP contribution in [0.25, 0.3) is 0 Å². The molecule has 0 fully saturated rings. The van der Waals surface area contributed by atoms with Crippen molar-refractivity contribution in [3.8, 4) is 0 Å². The third-order valence-electron chi connectivity index (χ3n) is 3.33. The molecular weight excluding hydrogens is 320 g/mol. The van der Waals surface area contributed by atoms with Crippen molar-refractivity contribution in [2.75, 3.05) is 12.4 Å². The molecule has 2 rings (SSSR count). The Bertz CT molecular complexity index is 862. The number of pyridine rings is 1. The number of carbonyl (C=O) groups is 1. The zero-order valence-corrected chi connectivity index (χ0v) is 13.6. The van der Waals surface area contributed by atoms with Crippen LogP contribution in [-0.4, -0.2) is 31.0 Å². The Balaban J connectivity index is 2.67. The number of nitrogens with zero attached hydrogens (tertiary/aromatic N) is 1. The van der Waals surface area contributed by atoms with E-state index in [9.17, 15) is 17.8 Å². The predicted octanol–water partition coefficient (Wildman–Crippen LogP) is 2.48. The zero-order chi connectivity index (χ0) is 17.2. The summed E-state index contributed by atoms with van der Waals surface area (Å²) in [4.78, 5) is 15.6. The zero-order valence-electron chi connectivity index (χ0n) is 12.8. The van der Waals surface area contributed by atoms with Crippen LogP contribution in [0.1, 0.15) is 21.5 Å². The van der Waals surface area contributed by atoms with Crippen LogP contribution in [0.3, 0.4) is 0 Å². The molecule has 0 saturated heterocycles. The number of benzene rings is 1. The van der Waals surface area contributed by atoms with Gasteiger partial charge in [0.05, 0.1) is 12.8 Å². The molecule has 23 heavy (non-hydrogen) atoms. The molecule has 0 unspecified atom stereocenters. The monoisotopic (exact) mass is 336 g/mol. The largest absolute Gasteiger partial charge is 0.465 e. The minimum atomic E-state index is -4.51. The van der Waals surface area contributed by atoms with Crippen LogP contribution in [0.2, 0.25) is 0 Å². The number of hydrogen-bond acceptors (Lipinski definition) is 6. The molecular formula is C15H16N2O5S. The molecule has 1 aromatic heterocycles. The van der Waals surface area contributed by atoms with E-state index in [0.717, 1.165) is 11.8 Å². The highest BCUT2D eigenvalue weighted by atomic mass is 32.2. The van der Waals surface area contributed by atoms with E-state index in [4.69, 9.17) is 4.74 Å². The maximum Gasteiger partial charge on any atom is 0.341 e. The SMILES string of the molecule is COC(=O)c1cnc(S(=O)(=O)O)c(C)c1Nc1ccccc1C. The number of aromatic nitrogens is 1. The summed E-state index contributed by atoms with van der Waals surface area (Å²) in [6.07, 6.45) is 1.06. The average Bonchev–Trinajstić information content (AvgIpc) is 2.49. The Morgan fingerprint density at radius 2 is 1.91 bits per heavy atom. The summed E-state index contributed by atoms with van der Waals surface area (Å²) in [5.41, 5.74) is 1.99. The van der Waals surface area contributed by atoms with Crippen molar-refractivity contribution in [3.05, 3.63) is 47.2 Å². The highest BCUT2D eigenvalue weighted by molar-refractivity contribution is 7.85. The van der Waals surface area contributed by atoms with Crippen LogP contribution in [0.5, 0.6) is 0 Å². The van der Waals surface area contributed by atoms with Gasteiger partial charge in [-0.25, -0.2) is 9.78 Å². The van der Waals surface area contributed by atoms with E-state index in [-0.39, 0.29) is 16.8 Å². The molecule has 0 amide bonds. The summed E-state index contributed by atoms with van der Waals surface area (Å²) >= 11 is 0. The summed E-state index contributed by atoms with van der Waals surface area (Å²) in [5.74, 6) is -0.668. The van der Waals surface area contributed by atoms with Gasteiger partial charge < -0.3 is 10.1 Å². The van der Waals surface area contributed by atoms with Gasteiger partial charge in [-0.1, -0.05) is 18.2 Å². The first-order valence-electron chi connectivity index (χ1n) is 6.63. The van der Waals surface area contributed by atoms with Crippen molar-refractivity contribution in [1.82, 2.24) is 4.98 Å². The van der Waals surface area contributed by atoms with Gasteiger partial charge in [-0.3, -0.25) is 4.55 Å². The molecule has 2 N–H and O–H groups in total. The molecule has 1 aromatic carbocycles. The van der Waals surface area contributed by atoms with Gasteiger partial charge in [-0.2, -0.15) is 8.42 Å². The number of methoxy groups -OCH3 is 1. The molecule has 0 radical (unpaired) electrons. The third kappa shape index (κ3) is 3.49. The summed E-state index contributed by atoms with van der Waals surface area (Å²) in [7, 11) is -3.30. The molecule has 0 bridgehead atoms. The van der Waals surface area contributed by atoms with Crippen LogP contribution >= 0.6 is 0 Å². The van der Waals surface area contributed by atoms with Crippen molar-refractivity contribution in [3.63, 3.8) is 0 Å². The van der Waals surface area contributed by atoms with E-state index < -0.39 is 21.1 Å². The fourth-order valence-electron chi connectivity index (χ4n) is 2.13. The number of para-hydroxylation sites is 1. The molecule has 0 aliphatic carbocycles. The quantitative estimate of drug-likeness (QED) is 0.652. The minimum absolute atomic E-state index is 0.0700. The van der Waals surface area contributed by atoms with Gasteiger partial charge in [-0.15, -0.1) is 0 Å². The lowest BCUT2D eigenvalue weighted by Crippen LogP contribution is -2.13. The Morgan fingerprint density at radius 1 is 1.26 bits per heavy atom. The average molecular weight is 336 g/mol. The van der Waals surface area contributed by atoms with E-state index in [1.54, 1.807) is 12.1 Å². The van der Waals surface area contributed by atoms with Crippen molar-refractivity contribution in [2.45, 2.75) is 18.9 Å². The first kappa shape index (κ1) is 16.9. The summed E-state index contributed by atoms with van der Waals surface area (Å²) in [6.45, 7) is 3.31. The predicted molar refractivity (Wildman–Crippen MR) is 84.6 cm³/mol. The lowest BCUT2D eigenvalue weighted by atomic mass is 10.1. The molecule has 1 heterocycles. The number of rotatable bonds is 4. The Kier molecular flexibility index (Phi) is 4.67. The number of aryl methyl sites for hydroxylation is 1. The lowest BCUT2D eigenvalue weighted by molar-refractivity contribution is 0.0601. The summed E-state index contributed by atoms with van der Waals surface area (Å²) in [5, 5.41) is 2.51. The molecule has 7 nitrogen and oxygen atoms in total. The maximum absolute atomic E-state index is 11.9. The molecule has 122 valence electrons. The van der Waals surface area contributed by atoms with Gasteiger partial charge in [0.2, 0.25) is 0 Å². The summed E-state index contributed by atoms with van der Waals surface area (Å²) in [6, 6.07) is 7.29. The van der Waals surface area contributed by atoms with Crippen LogP contribution < -0.4 is 5.32 Å². The molecule has 0 aliphatic rings. The number of carbonyl (C=O) groups excluding carboxylic acids is 1. The molecule has 0 spiro atoms. The number of esters is 1.